The van der Waals surface area contributed by atoms with E-state index in [0.717, 1.165) is 35.3 Å². The van der Waals surface area contributed by atoms with Gasteiger partial charge in [-0.3, -0.25) is 9.36 Å². The quantitative estimate of drug-likeness (QED) is 0.923. The van der Waals surface area contributed by atoms with Crippen molar-refractivity contribution in [2.45, 2.75) is 51.5 Å². The van der Waals surface area contributed by atoms with E-state index < -0.39 is 0 Å². The minimum atomic E-state index is -0.122. The molecule has 4 nitrogen and oxygen atoms in total. The van der Waals surface area contributed by atoms with Crippen LogP contribution in [0.15, 0.2) is 16.9 Å². The minimum absolute atomic E-state index is 0.0486. The Morgan fingerprint density at radius 2 is 2.00 bits per heavy atom. The van der Waals surface area contributed by atoms with Crippen molar-refractivity contribution in [2.75, 3.05) is 0 Å². The number of aryl methyl sites for hydroxylation is 1. The second-order valence-electron chi connectivity index (χ2n) is 6.35. The maximum atomic E-state index is 12.7. The molecule has 21 heavy (non-hydrogen) atoms. The number of fused-ring (bicyclic) bond motifs is 1. The van der Waals surface area contributed by atoms with Crippen LogP contribution in [0.3, 0.4) is 0 Å². The summed E-state index contributed by atoms with van der Waals surface area (Å²) in [4.78, 5) is 17.6. The van der Waals surface area contributed by atoms with Gasteiger partial charge >= 0.3 is 0 Å². The average Bonchev–Trinajstić information content (AvgIpc) is 2.96. The number of hydrogen-bond acceptors (Lipinski definition) is 3. The zero-order valence-corrected chi connectivity index (χ0v) is 13.0. The fourth-order valence-electron chi connectivity index (χ4n) is 3.47. The van der Waals surface area contributed by atoms with Crippen molar-refractivity contribution >= 4 is 10.9 Å². The predicted molar refractivity (Wildman–Crippen MR) is 85.5 cm³/mol. The van der Waals surface area contributed by atoms with E-state index in [1.54, 1.807) is 4.57 Å². The topological polar surface area (TPSA) is 60.9 Å². The number of aromatic nitrogens is 2. The van der Waals surface area contributed by atoms with Gasteiger partial charge < -0.3 is 5.73 Å². The van der Waals surface area contributed by atoms with Gasteiger partial charge in [-0.2, -0.15) is 0 Å². The van der Waals surface area contributed by atoms with Gasteiger partial charge in [0.05, 0.1) is 10.9 Å². The highest BCUT2D eigenvalue weighted by Crippen LogP contribution is 2.33. The summed E-state index contributed by atoms with van der Waals surface area (Å²) < 4.78 is 1.74. The maximum absolute atomic E-state index is 12.7. The number of nitrogens with two attached hydrogens (primary N) is 1. The molecule has 1 atom stereocenters. The average molecular weight is 285 g/mol. The summed E-state index contributed by atoms with van der Waals surface area (Å²) in [6.45, 7) is 3.94. The lowest BCUT2D eigenvalue weighted by atomic mass is 10.0. The maximum Gasteiger partial charge on any atom is 0.261 e. The zero-order valence-electron chi connectivity index (χ0n) is 13.0. The first kappa shape index (κ1) is 14.3. The van der Waals surface area contributed by atoms with Gasteiger partial charge in [0, 0.05) is 19.0 Å². The van der Waals surface area contributed by atoms with Gasteiger partial charge in [0.1, 0.15) is 5.82 Å². The van der Waals surface area contributed by atoms with Gasteiger partial charge in [0.2, 0.25) is 0 Å². The highest BCUT2D eigenvalue weighted by molar-refractivity contribution is 5.82. The zero-order chi connectivity index (χ0) is 15.1. The molecule has 1 aromatic heterocycles. The highest BCUT2D eigenvalue weighted by atomic mass is 16.1. The van der Waals surface area contributed by atoms with Crippen molar-refractivity contribution in [1.82, 2.24) is 9.55 Å². The van der Waals surface area contributed by atoms with Crippen molar-refractivity contribution in [3.05, 3.63) is 39.4 Å². The van der Waals surface area contributed by atoms with Gasteiger partial charge in [-0.1, -0.05) is 18.9 Å². The van der Waals surface area contributed by atoms with Crippen LogP contribution in [0.5, 0.6) is 0 Å². The SMILES string of the molecule is Cc1cc([C@@H](C)N)c2nc(C3CCCC3)n(C)c(=O)c2c1. The number of benzene rings is 1. The molecular formula is C17H23N3O. The van der Waals surface area contributed by atoms with E-state index >= 15 is 0 Å². The molecule has 0 unspecified atom stereocenters. The molecule has 0 aliphatic heterocycles. The molecular weight excluding hydrogens is 262 g/mol. The largest absolute Gasteiger partial charge is 0.324 e. The van der Waals surface area contributed by atoms with Crippen molar-refractivity contribution in [1.29, 1.82) is 0 Å². The van der Waals surface area contributed by atoms with Gasteiger partial charge in [-0.25, -0.2) is 4.98 Å². The lowest BCUT2D eigenvalue weighted by Crippen LogP contribution is -2.25. The third-order valence-corrected chi connectivity index (χ3v) is 4.60. The standard InChI is InChI=1S/C17H23N3O/c1-10-8-13(11(2)18)15-14(9-10)17(21)20(3)16(19-15)12-6-4-5-7-12/h8-9,11-12H,4-7,18H2,1-3H3/t11-/m1/s1. The number of hydrogen-bond donors (Lipinski definition) is 1. The van der Waals surface area contributed by atoms with Gasteiger partial charge in [0.25, 0.3) is 5.56 Å². The molecule has 1 aliphatic rings. The highest BCUT2D eigenvalue weighted by Gasteiger charge is 2.23. The molecule has 0 amide bonds. The first-order valence-electron chi connectivity index (χ1n) is 7.75. The Balaban J connectivity index is 2.33. The van der Waals surface area contributed by atoms with E-state index in [4.69, 9.17) is 10.7 Å². The van der Waals surface area contributed by atoms with Crippen LogP contribution >= 0.6 is 0 Å². The Kier molecular flexibility index (Phi) is 3.57. The summed E-state index contributed by atoms with van der Waals surface area (Å²) >= 11 is 0. The van der Waals surface area contributed by atoms with Crippen molar-refractivity contribution < 1.29 is 0 Å². The molecule has 0 saturated heterocycles. The lowest BCUT2D eigenvalue weighted by Gasteiger charge is -2.17. The molecule has 1 saturated carbocycles. The molecule has 1 fully saturated rings. The van der Waals surface area contributed by atoms with Crippen LogP contribution in [-0.2, 0) is 7.05 Å². The molecule has 1 aromatic carbocycles. The van der Waals surface area contributed by atoms with Crippen LogP contribution in [0, 0.1) is 6.92 Å². The Morgan fingerprint density at radius 3 is 2.62 bits per heavy atom. The molecule has 0 bridgehead atoms. The van der Waals surface area contributed by atoms with E-state index in [2.05, 4.69) is 6.07 Å². The minimum Gasteiger partial charge on any atom is -0.324 e. The summed E-state index contributed by atoms with van der Waals surface area (Å²) in [5.41, 5.74) is 8.96. The van der Waals surface area contributed by atoms with Crippen molar-refractivity contribution in [3.63, 3.8) is 0 Å². The van der Waals surface area contributed by atoms with Gasteiger partial charge in [-0.15, -0.1) is 0 Å². The summed E-state index contributed by atoms with van der Waals surface area (Å²) in [5, 5.41) is 0.687. The van der Waals surface area contributed by atoms with Gasteiger partial charge in [-0.05, 0) is 43.9 Å². The van der Waals surface area contributed by atoms with Crippen LogP contribution in [-0.4, -0.2) is 9.55 Å². The van der Waals surface area contributed by atoms with Crippen LogP contribution in [0.2, 0.25) is 0 Å². The molecule has 1 aliphatic carbocycles. The van der Waals surface area contributed by atoms with E-state index in [-0.39, 0.29) is 11.6 Å². The first-order chi connectivity index (χ1) is 9.99. The Labute approximate surface area is 125 Å². The first-order valence-corrected chi connectivity index (χ1v) is 7.75. The number of rotatable bonds is 2. The van der Waals surface area contributed by atoms with E-state index in [1.807, 2.05) is 27.0 Å². The second kappa shape index (κ2) is 5.26. The van der Waals surface area contributed by atoms with Crippen LogP contribution in [0.1, 0.15) is 61.5 Å². The second-order valence-corrected chi connectivity index (χ2v) is 6.35. The van der Waals surface area contributed by atoms with Crippen LogP contribution < -0.4 is 11.3 Å². The summed E-state index contributed by atoms with van der Waals surface area (Å²) in [5.74, 6) is 1.34. The molecule has 0 spiro atoms. The Bertz CT molecular complexity index is 740. The summed E-state index contributed by atoms with van der Waals surface area (Å²) in [7, 11) is 1.84. The molecule has 3 rings (SSSR count). The number of nitrogens with zero attached hydrogens (tertiary/aromatic N) is 2. The monoisotopic (exact) mass is 285 g/mol. The summed E-state index contributed by atoms with van der Waals surface area (Å²) in [6, 6.07) is 3.86. The normalized spacial score (nSPS) is 17.5. The Hall–Kier alpha value is -1.68. The van der Waals surface area contributed by atoms with Crippen molar-refractivity contribution in [2.24, 2.45) is 12.8 Å². The third kappa shape index (κ3) is 2.38. The molecule has 2 aromatic rings. The molecule has 2 N–H and O–H groups in total. The Morgan fingerprint density at radius 1 is 1.33 bits per heavy atom. The van der Waals surface area contributed by atoms with E-state index in [0.29, 0.717) is 11.3 Å². The van der Waals surface area contributed by atoms with E-state index in [9.17, 15) is 4.79 Å². The molecule has 1 heterocycles. The van der Waals surface area contributed by atoms with Crippen molar-refractivity contribution in [3.8, 4) is 0 Å². The van der Waals surface area contributed by atoms with Crippen LogP contribution in [0.4, 0.5) is 0 Å². The summed E-state index contributed by atoms with van der Waals surface area (Å²) in [6.07, 6.45) is 4.72. The molecule has 4 heteroatoms. The van der Waals surface area contributed by atoms with Crippen LogP contribution in [0.25, 0.3) is 10.9 Å². The van der Waals surface area contributed by atoms with E-state index in [1.165, 1.54) is 12.8 Å². The lowest BCUT2D eigenvalue weighted by molar-refractivity contribution is 0.610. The van der Waals surface area contributed by atoms with Gasteiger partial charge in [0.15, 0.2) is 0 Å². The fourth-order valence-corrected chi connectivity index (χ4v) is 3.47. The predicted octanol–water partition coefficient (Wildman–Crippen LogP) is 2.92. The smallest absolute Gasteiger partial charge is 0.261 e. The fraction of sp³-hybridized carbons (Fsp3) is 0.529. The molecule has 0 radical (unpaired) electrons. The molecule has 112 valence electrons. The third-order valence-electron chi connectivity index (χ3n) is 4.60.